The first-order chi connectivity index (χ1) is 17.4. The Morgan fingerprint density at radius 2 is 1.81 bits per heavy atom. The zero-order chi connectivity index (χ0) is 25.2. The van der Waals surface area contributed by atoms with Crippen molar-refractivity contribution < 1.29 is 18.8 Å². The molecule has 1 atom stereocenters. The maximum Gasteiger partial charge on any atom is 0.321 e. The van der Waals surface area contributed by atoms with Crippen LogP contribution in [0.15, 0.2) is 77.6 Å². The molecule has 0 radical (unpaired) electrons. The number of carbonyl (C=O) groups excluding carboxylic acids is 3. The normalized spacial score (nSPS) is 13.4. The maximum absolute atomic E-state index is 13.7. The molecule has 36 heavy (non-hydrogen) atoms. The summed E-state index contributed by atoms with van der Waals surface area (Å²) in [5.74, 6) is -0.828. The van der Waals surface area contributed by atoms with Gasteiger partial charge in [0.2, 0.25) is 12.0 Å². The first-order valence-corrected chi connectivity index (χ1v) is 11.2. The molecule has 1 aliphatic rings. The van der Waals surface area contributed by atoms with E-state index in [-0.39, 0.29) is 31.0 Å². The monoisotopic (exact) mass is 484 g/mol. The number of para-hydroxylation sites is 1. The van der Waals surface area contributed by atoms with E-state index in [1.54, 1.807) is 18.2 Å². The summed E-state index contributed by atoms with van der Waals surface area (Å²) in [6, 6.07) is 19.0. The number of aromatic nitrogens is 1. The van der Waals surface area contributed by atoms with Crippen molar-refractivity contribution in [3.05, 3.63) is 106 Å². The number of hydrogen-bond acceptors (Lipinski definition) is 4. The van der Waals surface area contributed by atoms with Gasteiger partial charge >= 0.3 is 6.03 Å². The molecule has 0 bridgehead atoms. The molecule has 8 nitrogen and oxygen atoms in total. The second kappa shape index (κ2) is 9.46. The van der Waals surface area contributed by atoms with Crippen LogP contribution >= 0.6 is 0 Å². The molecule has 0 spiro atoms. The summed E-state index contributed by atoms with van der Waals surface area (Å²) >= 11 is 0. The number of aromatic amines is 1. The van der Waals surface area contributed by atoms with E-state index in [0.717, 1.165) is 22.0 Å². The van der Waals surface area contributed by atoms with Crippen LogP contribution in [0, 0.1) is 5.82 Å². The van der Waals surface area contributed by atoms with Gasteiger partial charge in [-0.05, 0) is 40.5 Å². The van der Waals surface area contributed by atoms with Crippen LogP contribution in [0.1, 0.15) is 27.5 Å². The fourth-order valence-electron chi connectivity index (χ4n) is 4.53. The van der Waals surface area contributed by atoms with E-state index in [4.69, 9.17) is 0 Å². The minimum atomic E-state index is -0.713. The van der Waals surface area contributed by atoms with Crippen LogP contribution in [0.2, 0.25) is 0 Å². The van der Waals surface area contributed by atoms with Gasteiger partial charge in [0, 0.05) is 35.6 Å². The molecule has 3 N–H and O–H groups in total. The third-order valence-corrected chi connectivity index (χ3v) is 6.22. The van der Waals surface area contributed by atoms with E-state index in [1.807, 2.05) is 41.7 Å². The molecule has 0 saturated carbocycles. The van der Waals surface area contributed by atoms with Gasteiger partial charge in [-0.1, -0.05) is 48.5 Å². The van der Waals surface area contributed by atoms with Crippen LogP contribution in [-0.4, -0.2) is 34.8 Å². The summed E-state index contributed by atoms with van der Waals surface area (Å²) < 4.78 is 13.7. The molecule has 3 aromatic carbocycles. The number of hydrogen-bond donors (Lipinski definition) is 3. The number of fused-ring (bicyclic) bond motifs is 2. The van der Waals surface area contributed by atoms with E-state index >= 15 is 0 Å². The molecule has 0 saturated heterocycles. The number of pyridine rings is 1. The first kappa shape index (κ1) is 23.0. The van der Waals surface area contributed by atoms with Crippen molar-refractivity contribution in [2.75, 3.05) is 6.54 Å². The third kappa shape index (κ3) is 4.46. The molecule has 4 amide bonds. The summed E-state index contributed by atoms with van der Waals surface area (Å²) in [6.45, 7) is 0.382. The van der Waals surface area contributed by atoms with Crippen molar-refractivity contribution in [1.29, 1.82) is 0 Å². The zero-order valence-corrected chi connectivity index (χ0v) is 19.0. The van der Waals surface area contributed by atoms with Crippen molar-refractivity contribution in [1.82, 2.24) is 20.5 Å². The Balaban J connectivity index is 1.45. The van der Waals surface area contributed by atoms with E-state index < -0.39 is 17.9 Å². The number of nitrogens with zero attached hydrogens (tertiary/aromatic N) is 1. The summed E-state index contributed by atoms with van der Waals surface area (Å²) in [6.07, 6.45) is 0.271. The molecule has 1 aliphatic heterocycles. The molecule has 0 fully saturated rings. The lowest BCUT2D eigenvalue weighted by Crippen LogP contribution is -2.42. The van der Waals surface area contributed by atoms with Crippen LogP contribution < -0.4 is 16.2 Å². The highest BCUT2D eigenvalue weighted by atomic mass is 19.1. The molecule has 1 aromatic heterocycles. The van der Waals surface area contributed by atoms with E-state index in [0.29, 0.717) is 16.7 Å². The van der Waals surface area contributed by atoms with Gasteiger partial charge in [0.15, 0.2) is 0 Å². The number of carbonyl (C=O) groups is 3. The zero-order valence-electron chi connectivity index (χ0n) is 19.0. The molecule has 0 aliphatic carbocycles. The maximum atomic E-state index is 13.7. The number of halogens is 1. The summed E-state index contributed by atoms with van der Waals surface area (Å²) in [4.78, 5) is 52.3. The van der Waals surface area contributed by atoms with E-state index in [9.17, 15) is 23.6 Å². The molecular formula is C27H21FN4O4. The molecule has 9 heteroatoms. The number of imide groups is 1. The second-order valence-corrected chi connectivity index (χ2v) is 8.49. The van der Waals surface area contributed by atoms with Gasteiger partial charge in [0.25, 0.3) is 5.91 Å². The predicted molar refractivity (Wildman–Crippen MR) is 132 cm³/mol. The standard InChI is InChI=1S/C27H21FN4O4/c28-19-10-9-18-13-32(26(35)22(18)11-19)14-24(31-27(36)29-15-33)17-7-5-16(6-8-17)21-12-25(34)30-23-4-2-1-3-20(21)23/h1-12,15,24H,13-14H2,(H,30,34)(H2,29,31,33,36)/t24-/m0/s1. The molecule has 4 aromatic rings. The molecule has 5 rings (SSSR count). The average Bonchev–Trinajstić information content (AvgIpc) is 3.17. The lowest BCUT2D eigenvalue weighted by atomic mass is 9.98. The second-order valence-electron chi connectivity index (χ2n) is 8.49. The molecule has 0 unspecified atom stereocenters. The van der Waals surface area contributed by atoms with Gasteiger partial charge in [-0.2, -0.15) is 0 Å². The van der Waals surface area contributed by atoms with Gasteiger partial charge in [0.1, 0.15) is 5.82 Å². The largest absolute Gasteiger partial charge is 0.332 e. The third-order valence-electron chi connectivity index (χ3n) is 6.22. The van der Waals surface area contributed by atoms with Gasteiger partial charge in [-0.3, -0.25) is 19.7 Å². The number of H-pyrrole nitrogens is 1. The Morgan fingerprint density at radius 1 is 1.03 bits per heavy atom. The quantitative estimate of drug-likeness (QED) is 0.364. The number of rotatable bonds is 6. The topological polar surface area (TPSA) is 111 Å². The van der Waals surface area contributed by atoms with Crippen LogP contribution in [0.5, 0.6) is 0 Å². The van der Waals surface area contributed by atoms with Crippen molar-refractivity contribution in [3.8, 4) is 11.1 Å². The highest BCUT2D eigenvalue weighted by Crippen LogP contribution is 2.29. The average molecular weight is 484 g/mol. The van der Waals surface area contributed by atoms with Gasteiger partial charge in [-0.25, -0.2) is 9.18 Å². The fraction of sp³-hybridized carbons (Fsp3) is 0.111. The SMILES string of the molecule is O=CNC(=O)N[C@@H](CN1Cc2ccc(F)cc2C1=O)c1ccc(-c2cc(=O)[nH]c3ccccc23)cc1. The van der Waals surface area contributed by atoms with Crippen LogP contribution in [-0.2, 0) is 11.3 Å². The van der Waals surface area contributed by atoms with Crippen molar-refractivity contribution in [3.63, 3.8) is 0 Å². The molecule has 2 heterocycles. The van der Waals surface area contributed by atoms with Gasteiger partial charge in [-0.15, -0.1) is 0 Å². The Kier molecular flexibility index (Phi) is 6.03. The first-order valence-electron chi connectivity index (χ1n) is 11.2. The van der Waals surface area contributed by atoms with Crippen molar-refractivity contribution in [2.24, 2.45) is 0 Å². The number of benzene rings is 3. The summed E-state index contributed by atoms with van der Waals surface area (Å²) in [7, 11) is 0. The van der Waals surface area contributed by atoms with E-state index in [2.05, 4.69) is 10.3 Å². The van der Waals surface area contributed by atoms with Crippen LogP contribution in [0.4, 0.5) is 9.18 Å². The Labute approximate surface area is 204 Å². The van der Waals surface area contributed by atoms with Crippen molar-refractivity contribution in [2.45, 2.75) is 12.6 Å². The Bertz CT molecular complexity index is 1550. The predicted octanol–water partition coefficient (Wildman–Crippen LogP) is 3.49. The Morgan fingerprint density at radius 3 is 2.58 bits per heavy atom. The lowest BCUT2D eigenvalue weighted by molar-refractivity contribution is -0.108. The summed E-state index contributed by atoms with van der Waals surface area (Å²) in [5.41, 5.74) is 3.74. The highest BCUT2D eigenvalue weighted by molar-refractivity contribution is 5.98. The van der Waals surface area contributed by atoms with E-state index in [1.165, 1.54) is 23.1 Å². The number of amides is 4. The number of urea groups is 1. The van der Waals surface area contributed by atoms with Crippen LogP contribution in [0.3, 0.4) is 0 Å². The van der Waals surface area contributed by atoms with Gasteiger partial charge < -0.3 is 15.2 Å². The Hall–Kier alpha value is -4.79. The minimum absolute atomic E-state index is 0.106. The summed E-state index contributed by atoms with van der Waals surface area (Å²) in [5, 5.41) is 5.65. The molecular weight excluding hydrogens is 463 g/mol. The number of nitrogens with one attached hydrogen (secondary N) is 3. The molecule has 180 valence electrons. The van der Waals surface area contributed by atoms with Crippen molar-refractivity contribution >= 4 is 29.3 Å². The van der Waals surface area contributed by atoms with Gasteiger partial charge in [0.05, 0.1) is 6.04 Å². The minimum Gasteiger partial charge on any atom is -0.332 e. The lowest BCUT2D eigenvalue weighted by Gasteiger charge is -2.25. The highest BCUT2D eigenvalue weighted by Gasteiger charge is 2.30. The fourth-order valence-corrected chi connectivity index (χ4v) is 4.53. The van der Waals surface area contributed by atoms with Crippen LogP contribution in [0.25, 0.3) is 22.0 Å². The smallest absolute Gasteiger partial charge is 0.321 e.